The quantitative estimate of drug-likeness (QED) is 0.729. The molecule has 0 unspecified atom stereocenters. The van der Waals surface area contributed by atoms with E-state index in [1.165, 1.54) is 12.1 Å². The Morgan fingerprint density at radius 3 is 2.43 bits per heavy atom. The van der Waals surface area contributed by atoms with Crippen molar-refractivity contribution in [2.75, 3.05) is 19.8 Å². The molecule has 21 heavy (non-hydrogen) atoms. The first-order chi connectivity index (χ1) is 9.50. The fraction of sp³-hybridized carbons (Fsp3) is 0.400. The molecule has 0 spiro atoms. The van der Waals surface area contributed by atoms with E-state index in [0.717, 1.165) is 0 Å². The van der Waals surface area contributed by atoms with Crippen molar-refractivity contribution < 1.29 is 31.1 Å². The van der Waals surface area contributed by atoms with Gasteiger partial charge in [0.2, 0.25) is 10.0 Å². The van der Waals surface area contributed by atoms with Gasteiger partial charge in [0.15, 0.2) is 5.75 Å². The first kappa shape index (κ1) is 18.5. The Kier molecular flexibility index (Phi) is 6.29. The summed E-state index contributed by atoms with van der Waals surface area (Å²) in [6, 6.07) is 2.54. The highest BCUT2D eigenvalue weighted by molar-refractivity contribution is 9.10. The summed E-state index contributed by atoms with van der Waals surface area (Å²) in [6.07, 6.45) is -4.44. The fourth-order valence-electron chi connectivity index (χ4n) is 1.28. The van der Waals surface area contributed by atoms with Gasteiger partial charge < -0.3 is 9.47 Å². The number of alkyl halides is 3. The summed E-state index contributed by atoms with van der Waals surface area (Å²) in [7, 11) is -4.10. The monoisotopic (exact) mass is 411 g/mol. The van der Waals surface area contributed by atoms with Crippen molar-refractivity contribution in [1.82, 2.24) is 0 Å². The minimum absolute atomic E-state index is 0.0516. The molecule has 11 heteroatoms. The van der Waals surface area contributed by atoms with Crippen LogP contribution in [0.2, 0.25) is 5.02 Å². The summed E-state index contributed by atoms with van der Waals surface area (Å²) in [4.78, 5) is -0.377. The van der Waals surface area contributed by atoms with Gasteiger partial charge in [0.05, 0.1) is 11.6 Å². The van der Waals surface area contributed by atoms with Gasteiger partial charge in [-0.2, -0.15) is 13.2 Å². The zero-order valence-corrected chi connectivity index (χ0v) is 13.4. The van der Waals surface area contributed by atoms with Crippen LogP contribution >= 0.6 is 27.5 Å². The van der Waals surface area contributed by atoms with Crippen LogP contribution in [0.1, 0.15) is 0 Å². The first-order valence-electron chi connectivity index (χ1n) is 5.30. The molecule has 1 aromatic rings. The third-order valence-corrected chi connectivity index (χ3v) is 3.68. The van der Waals surface area contributed by atoms with Crippen LogP contribution < -0.4 is 9.88 Å². The van der Waals surface area contributed by atoms with Crippen molar-refractivity contribution in [1.29, 1.82) is 0 Å². The predicted molar refractivity (Wildman–Crippen MR) is 72.9 cm³/mol. The number of primary sulfonamides is 1. The fourth-order valence-corrected chi connectivity index (χ4v) is 3.07. The van der Waals surface area contributed by atoms with E-state index < -0.39 is 29.4 Å². The summed E-state index contributed by atoms with van der Waals surface area (Å²) < 4.78 is 68.1. The molecular weight excluding hydrogens is 403 g/mol. The van der Waals surface area contributed by atoms with Crippen LogP contribution in [0.5, 0.6) is 5.75 Å². The Balaban J connectivity index is 2.75. The largest absolute Gasteiger partial charge is 0.488 e. The van der Waals surface area contributed by atoms with Crippen LogP contribution in [0.3, 0.4) is 0 Å². The molecule has 0 aliphatic carbocycles. The summed E-state index contributed by atoms with van der Waals surface area (Å²) >= 11 is 8.88. The van der Waals surface area contributed by atoms with Crippen molar-refractivity contribution in [3.05, 3.63) is 21.6 Å². The van der Waals surface area contributed by atoms with Gasteiger partial charge in [-0.1, -0.05) is 27.5 Å². The highest BCUT2D eigenvalue weighted by Crippen LogP contribution is 2.34. The molecule has 0 bridgehead atoms. The lowest BCUT2D eigenvalue weighted by Gasteiger charge is -2.13. The number of hydrogen-bond donors (Lipinski definition) is 1. The number of nitrogens with two attached hydrogens (primary N) is 1. The van der Waals surface area contributed by atoms with Crippen molar-refractivity contribution in [3.8, 4) is 5.75 Å². The summed E-state index contributed by atoms with van der Waals surface area (Å²) in [5, 5.41) is 4.96. The minimum atomic E-state index is -4.44. The third-order valence-electron chi connectivity index (χ3n) is 2.02. The molecule has 0 amide bonds. The van der Waals surface area contributed by atoms with E-state index in [1.54, 1.807) is 0 Å². The van der Waals surface area contributed by atoms with Gasteiger partial charge in [-0.15, -0.1) is 0 Å². The molecule has 0 saturated carbocycles. The van der Waals surface area contributed by atoms with Gasteiger partial charge in [-0.3, -0.25) is 0 Å². The zero-order valence-electron chi connectivity index (χ0n) is 10.3. The predicted octanol–water partition coefficient (Wildman–Crippen LogP) is 2.71. The van der Waals surface area contributed by atoms with Crippen molar-refractivity contribution in [2.24, 2.45) is 5.14 Å². The Morgan fingerprint density at radius 2 is 1.90 bits per heavy atom. The average Bonchev–Trinajstić information content (AvgIpc) is 2.27. The number of benzene rings is 1. The number of sulfonamides is 1. The van der Waals surface area contributed by atoms with E-state index in [-0.39, 0.29) is 22.3 Å². The lowest BCUT2D eigenvalue weighted by Crippen LogP contribution is -2.20. The van der Waals surface area contributed by atoms with Crippen LogP contribution in [0.15, 0.2) is 21.5 Å². The van der Waals surface area contributed by atoms with Gasteiger partial charge in [0.1, 0.15) is 18.1 Å². The Labute approximate surface area is 132 Å². The van der Waals surface area contributed by atoms with E-state index in [4.69, 9.17) is 21.5 Å². The van der Waals surface area contributed by atoms with Crippen molar-refractivity contribution >= 4 is 37.6 Å². The second-order valence-corrected chi connectivity index (χ2v) is 6.63. The second-order valence-electron chi connectivity index (χ2n) is 3.78. The van der Waals surface area contributed by atoms with E-state index in [2.05, 4.69) is 20.7 Å². The standard InChI is InChI=1S/C10H10BrClF3NO4S/c11-6-3-7(12)9(8(4-6)21(16,17)18)20-2-1-19-5-10(13,14)15/h3-4H,1-2,5H2,(H2,16,17,18). The molecule has 1 rings (SSSR count). The van der Waals surface area contributed by atoms with Gasteiger partial charge in [-0.25, -0.2) is 13.6 Å². The minimum Gasteiger partial charge on any atom is -0.488 e. The molecule has 0 heterocycles. The first-order valence-corrected chi connectivity index (χ1v) is 8.01. The Bertz CT molecular complexity index is 609. The highest BCUT2D eigenvalue weighted by atomic mass is 79.9. The van der Waals surface area contributed by atoms with E-state index in [0.29, 0.717) is 4.47 Å². The summed E-state index contributed by atoms with van der Waals surface area (Å²) in [5.74, 6) is -0.238. The van der Waals surface area contributed by atoms with Crippen molar-refractivity contribution in [2.45, 2.75) is 11.1 Å². The Hall–Kier alpha value is -0.550. The topological polar surface area (TPSA) is 78.6 Å². The number of hydrogen-bond acceptors (Lipinski definition) is 4. The maximum absolute atomic E-state index is 11.8. The zero-order chi connectivity index (χ0) is 16.3. The second kappa shape index (κ2) is 7.14. The molecule has 0 radical (unpaired) electrons. The van der Waals surface area contributed by atoms with E-state index in [9.17, 15) is 21.6 Å². The molecule has 0 aliphatic heterocycles. The average molecular weight is 413 g/mol. The molecule has 0 atom stereocenters. The smallest absolute Gasteiger partial charge is 0.411 e. The van der Waals surface area contributed by atoms with Gasteiger partial charge in [0.25, 0.3) is 0 Å². The van der Waals surface area contributed by atoms with Crippen LogP contribution in [-0.4, -0.2) is 34.4 Å². The van der Waals surface area contributed by atoms with Crippen LogP contribution in [-0.2, 0) is 14.8 Å². The molecule has 120 valence electrons. The maximum atomic E-state index is 11.8. The van der Waals surface area contributed by atoms with Gasteiger partial charge >= 0.3 is 6.18 Å². The molecule has 0 fully saturated rings. The molecule has 0 saturated heterocycles. The molecule has 0 aliphatic rings. The Morgan fingerprint density at radius 1 is 1.29 bits per heavy atom. The molecule has 1 aromatic carbocycles. The molecule has 5 nitrogen and oxygen atoms in total. The van der Waals surface area contributed by atoms with E-state index in [1.807, 2.05) is 0 Å². The lowest BCUT2D eigenvalue weighted by molar-refractivity contribution is -0.175. The maximum Gasteiger partial charge on any atom is 0.411 e. The third kappa shape index (κ3) is 6.39. The van der Waals surface area contributed by atoms with Gasteiger partial charge in [-0.05, 0) is 12.1 Å². The van der Waals surface area contributed by atoms with Crippen LogP contribution in [0, 0.1) is 0 Å². The summed E-state index contributed by atoms with van der Waals surface area (Å²) in [6.45, 7) is -2.14. The highest BCUT2D eigenvalue weighted by Gasteiger charge is 2.27. The number of halogens is 5. The van der Waals surface area contributed by atoms with Crippen LogP contribution in [0.4, 0.5) is 13.2 Å². The molecular formula is C10H10BrClF3NO4S. The normalized spacial score (nSPS) is 12.5. The van der Waals surface area contributed by atoms with Crippen molar-refractivity contribution in [3.63, 3.8) is 0 Å². The SMILES string of the molecule is NS(=O)(=O)c1cc(Br)cc(Cl)c1OCCOCC(F)(F)F. The lowest BCUT2D eigenvalue weighted by atomic mass is 10.3. The molecule has 2 N–H and O–H groups in total. The van der Waals surface area contributed by atoms with E-state index >= 15 is 0 Å². The van der Waals surface area contributed by atoms with Gasteiger partial charge in [0, 0.05) is 4.47 Å². The molecule has 0 aromatic heterocycles. The van der Waals surface area contributed by atoms with Crippen LogP contribution in [0.25, 0.3) is 0 Å². The summed E-state index contributed by atoms with van der Waals surface area (Å²) in [5.41, 5.74) is 0. The number of ether oxygens (including phenoxy) is 2. The number of rotatable bonds is 6.